The highest BCUT2D eigenvalue weighted by atomic mass is 16.5. The van der Waals surface area contributed by atoms with E-state index >= 15 is 0 Å². The van der Waals surface area contributed by atoms with Gasteiger partial charge in [-0.2, -0.15) is 5.10 Å². The number of ether oxygens (including phenoxy) is 3. The maximum atomic E-state index is 13.1. The normalized spacial score (nSPS) is 13.4. The highest BCUT2D eigenvalue weighted by Gasteiger charge is 2.25. The van der Waals surface area contributed by atoms with Crippen LogP contribution in [0.25, 0.3) is 0 Å². The lowest BCUT2D eigenvalue weighted by Gasteiger charge is -2.27. The third-order valence-electron chi connectivity index (χ3n) is 7.83. The number of benzene rings is 2. The Morgan fingerprint density at radius 2 is 1.53 bits per heavy atom. The predicted molar refractivity (Wildman–Crippen MR) is 178 cm³/mol. The molecule has 238 valence electrons. The number of nitrogens with zero attached hydrogens (tertiary/aromatic N) is 2. The first kappa shape index (κ1) is 35.9. The number of carbonyl (C=O) groups is 1. The Bertz CT molecular complexity index is 1130. The molecule has 0 aromatic heterocycles. The van der Waals surface area contributed by atoms with Gasteiger partial charge in [-0.15, -0.1) is 0 Å². The van der Waals surface area contributed by atoms with Gasteiger partial charge in [0.15, 0.2) is 11.5 Å². The van der Waals surface area contributed by atoms with Crippen molar-refractivity contribution < 1.29 is 19.0 Å². The van der Waals surface area contributed by atoms with Crippen molar-refractivity contribution in [2.45, 2.75) is 67.3 Å². The van der Waals surface area contributed by atoms with Crippen LogP contribution in [0.4, 0.5) is 0 Å². The summed E-state index contributed by atoms with van der Waals surface area (Å²) in [6.45, 7) is 16.1. The van der Waals surface area contributed by atoms with Crippen LogP contribution < -0.4 is 14.9 Å². The first-order chi connectivity index (χ1) is 20.8. The molecule has 0 fully saturated rings. The van der Waals surface area contributed by atoms with E-state index in [1.165, 1.54) is 5.56 Å². The molecule has 1 amide bonds. The van der Waals surface area contributed by atoms with Crippen LogP contribution in [0.15, 0.2) is 65.8 Å². The van der Waals surface area contributed by atoms with Crippen LogP contribution in [0, 0.1) is 23.7 Å². The molecule has 0 saturated carbocycles. The average Bonchev–Trinajstić information content (AvgIpc) is 3.00. The molecule has 0 spiro atoms. The van der Waals surface area contributed by atoms with Crippen molar-refractivity contribution in [2.75, 3.05) is 40.5 Å². The van der Waals surface area contributed by atoms with E-state index in [2.05, 4.69) is 63.5 Å². The van der Waals surface area contributed by atoms with Gasteiger partial charge in [0.2, 0.25) is 5.91 Å². The molecule has 0 radical (unpaired) electrons. The molecule has 2 aromatic rings. The van der Waals surface area contributed by atoms with Gasteiger partial charge in [0, 0.05) is 50.6 Å². The topological polar surface area (TPSA) is 72.4 Å². The maximum Gasteiger partial charge on any atom is 0.226 e. The van der Waals surface area contributed by atoms with Crippen LogP contribution in [0.3, 0.4) is 0 Å². The number of hydrazone groups is 1. The molecule has 2 aromatic carbocycles. The molecular weight excluding hydrogens is 538 g/mol. The molecule has 0 saturated heterocycles. The SMILES string of the molecule is CCN(CC)C(=O)C(C/C=C/CC(C(=NNCc1ccccc1)c1ccc(OC)c(OCCCOC)c1)C(C)C)C(C)C. The molecular formula is C36H55N3O4. The van der Waals surface area contributed by atoms with E-state index in [4.69, 9.17) is 19.3 Å². The second-order valence-corrected chi connectivity index (χ2v) is 11.5. The smallest absolute Gasteiger partial charge is 0.226 e. The predicted octanol–water partition coefficient (Wildman–Crippen LogP) is 7.35. The van der Waals surface area contributed by atoms with Gasteiger partial charge >= 0.3 is 0 Å². The van der Waals surface area contributed by atoms with Crippen molar-refractivity contribution in [1.82, 2.24) is 10.3 Å². The van der Waals surface area contributed by atoms with E-state index in [0.717, 1.165) is 43.6 Å². The Morgan fingerprint density at radius 1 is 0.884 bits per heavy atom. The van der Waals surface area contributed by atoms with Gasteiger partial charge in [-0.05, 0) is 62.3 Å². The lowest BCUT2D eigenvalue weighted by molar-refractivity contribution is -0.136. The minimum absolute atomic E-state index is 0.0197. The zero-order valence-electron chi connectivity index (χ0n) is 27.8. The second kappa shape index (κ2) is 19.8. The van der Waals surface area contributed by atoms with Gasteiger partial charge in [-0.1, -0.05) is 70.2 Å². The molecule has 2 unspecified atom stereocenters. The summed E-state index contributed by atoms with van der Waals surface area (Å²) in [7, 11) is 3.35. The molecule has 43 heavy (non-hydrogen) atoms. The molecule has 0 aliphatic heterocycles. The average molecular weight is 594 g/mol. The molecule has 0 heterocycles. The highest BCUT2D eigenvalue weighted by Crippen LogP contribution is 2.31. The summed E-state index contributed by atoms with van der Waals surface area (Å²) in [5.74, 6) is 2.36. The standard InChI is InChI=1S/C36H55N3O4/c1-9-39(10-2)36(40)32(28(5)6)20-15-14-19-31(27(3)4)35(38-37-26-29-17-12-11-13-18-29)30-21-22-33(42-8)34(25-30)43-24-16-23-41-7/h11-15,17-18,21-22,25,27-28,31-32,37H,9-10,16,19-20,23-24,26H2,1-8H3/b15-14+,38-35?. The third-order valence-corrected chi connectivity index (χ3v) is 7.83. The van der Waals surface area contributed by atoms with E-state index in [-0.39, 0.29) is 23.7 Å². The summed E-state index contributed by atoms with van der Waals surface area (Å²) < 4.78 is 16.9. The van der Waals surface area contributed by atoms with E-state index < -0.39 is 0 Å². The fraction of sp³-hybridized carbons (Fsp3) is 0.556. The van der Waals surface area contributed by atoms with E-state index in [1.807, 2.05) is 49.1 Å². The van der Waals surface area contributed by atoms with E-state index in [9.17, 15) is 4.79 Å². The first-order valence-corrected chi connectivity index (χ1v) is 15.8. The monoisotopic (exact) mass is 593 g/mol. The van der Waals surface area contributed by atoms with Gasteiger partial charge in [-0.3, -0.25) is 4.79 Å². The Balaban J connectivity index is 2.35. The molecule has 2 atom stereocenters. The van der Waals surface area contributed by atoms with Gasteiger partial charge in [0.05, 0.1) is 26.0 Å². The van der Waals surface area contributed by atoms with Crippen molar-refractivity contribution in [2.24, 2.45) is 28.8 Å². The second-order valence-electron chi connectivity index (χ2n) is 11.5. The summed E-state index contributed by atoms with van der Waals surface area (Å²) >= 11 is 0. The van der Waals surface area contributed by atoms with Gasteiger partial charge in [0.25, 0.3) is 0 Å². The molecule has 1 N–H and O–H groups in total. The third kappa shape index (κ3) is 11.7. The lowest BCUT2D eigenvalue weighted by Crippen LogP contribution is -2.37. The molecule has 0 aliphatic rings. The minimum atomic E-state index is -0.0197. The number of hydrogen-bond donors (Lipinski definition) is 1. The Labute approximate surface area is 260 Å². The molecule has 7 nitrogen and oxygen atoms in total. The summed E-state index contributed by atoms with van der Waals surface area (Å²) in [5.41, 5.74) is 6.46. The summed E-state index contributed by atoms with van der Waals surface area (Å²) in [6, 6.07) is 16.3. The molecule has 7 heteroatoms. The fourth-order valence-electron chi connectivity index (χ4n) is 5.12. The van der Waals surface area contributed by atoms with Crippen LogP contribution >= 0.6 is 0 Å². The number of methoxy groups -OCH3 is 2. The Kier molecular flexibility index (Phi) is 16.5. The summed E-state index contributed by atoms with van der Waals surface area (Å²) in [6.07, 6.45) is 6.75. The van der Waals surface area contributed by atoms with Crippen LogP contribution in [-0.4, -0.2) is 57.0 Å². The lowest BCUT2D eigenvalue weighted by atomic mass is 9.84. The molecule has 0 bridgehead atoms. The number of amides is 1. The minimum Gasteiger partial charge on any atom is -0.493 e. The summed E-state index contributed by atoms with van der Waals surface area (Å²) in [4.78, 5) is 15.1. The van der Waals surface area contributed by atoms with Crippen LogP contribution in [0.1, 0.15) is 71.9 Å². The van der Waals surface area contributed by atoms with Crippen molar-refractivity contribution in [3.05, 3.63) is 71.8 Å². The zero-order valence-corrected chi connectivity index (χ0v) is 27.8. The first-order valence-electron chi connectivity index (χ1n) is 15.8. The molecule has 0 aliphatic carbocycles. The van der Waals surface area contributed by atoms with E-state index in [0.29, 0.717) is 37.2 Å². The number of nitrogens with one attached hydrogen (secondary N) is 1. The Morgan fingerprint density at radius 3 is 2.12 bits per heavy atom. The van der Waals surface area contributed by atoms with Gasteiger partial charge in [-0.25, -0.2) is 0 Å². The fourth-order valence-corrected chi connectivity index (χ4v) is 5.12. The Hall–Kier alpha value is -3.32. The van der Waals surface area contributed by atoms with Gasteiger partial charge in [0.1, 0.15) is 0 Å². The van der Waals surface area contributed by atoms with Gasteiger partial charge < -0.3 is 24.5 Å². The quantitative estimate of drug-likeness (QED) is 0.0752. The summed E-state index contributed by atoms with van der Waals surface area (Å²) in [5, 5.41) is 4.99. The van der Waals surface area contributed by atoms with Crippen molar-refractivity contribution >= 4 is 11.6 Å². The van der Waals surface area contributed by atoms with Crippen LogP contribution in [0.5, 0.6) is 11.5 Å². The van der Waals surface area contributed by atoms with Crippen molar-refractivity contribution in [3.63, 3.8) is 0 Å². The van der Waals surface area contributed by atoms with Crippen molar-refractivity contribution in [3.8, 4) is 11.5 Å². The van der Waals surface area contributed by atoms with Crippen LogP contribution in [0.2, 0.25) is 0 Å². The van der Waals surface area contributed by atoms with E-state index in [1.54, 1.807) is 14.2 Å². The molecule has 2 rings (SSSR count). The highest BCUT2D eigenvalue weighted by molar-refractivity contribution is 6.03. The largest absolute Gasteiger partial charge is 0.493 e. The number of hydrogen-bond acceptors (Lipinski definition) is 6. The number of carbonyl (C=O) groups excluding carboxylic acids is 1. The van der Waals surface area contributed by atoms with Crippen LogP contribution in [-0.2, 0) is 16.1 Å². The number of rotatable bonds is 20. The maximum absolute atomic E-state index is 13.1. The van der Waals surface area contributed by atoms with Crippen molar-refractivity contribution in [1.29, 1.82) is 0 Å². The number of allylic oxidation sites excluding steroid dienone is 2. The zero-order chi connectivity index (χ0) is 31.6.